The van der Waals surface area contributed by atoms with Crippen molar-refractivity contribution in [3.63, 3.8) is 0 Å². The topological polar surface area (TPSA) is 49.3 Å². The fraction of sp³-hybridized carbons (Fsp3) is 0.353. The Bertz CT molecular complexity index is 754. The number of carbonyl (C=O) groups excluding carboxylic acids is 1. The number of aromatic nitrogens is 2. The number of fused-ring (bicyclic) bond motifs is 2. The van der Waals surface area contributed by atoms with Gasteiger partial charge in [0.15, 0.2) is 5.82 Å². The maximum absolute atomic E-state index is 13.0. The largest absolute Gasteiger partial charge is 0.305 e. The van der Waals surface area contributed by atoms with Gasteiger partial charge in [-0.2, -0.15) is 0 Å². The third kappa shape index (κ3) is 1.81. The number of anilines is 3. The first kappa shape index (κ1) is 13.2. The molecule has 112 valence electrons. The lowest BCUT2D eigenvalue weighted by Crippen LogP contribution is -2.30. The molecule has 1 amide bonds. The van der Waals surface area contributed by atoms with Crippen LogP contribution in [0.15, 0.2) is 30.6 Å². The summed E-state index contributed by atoms with van der Waals surface area (Å²) in [6.45, 7) is 4.65. The van der Waals surface area contributed by atoms with Crippen LogP contribution >= 0.6 is 0 Å². The predicted octanol–water partition coefficient (Wildman–Crippen LogP) is 3.07. The first-order chi connectivity index (χ1) is 10.7. The van der Waals surface area contributed by atoms with Crippen LogP contribution in [-0.2, 0) is 0 Å². The summed E-state index contributed by atoms with van der Waals surface area (Å²) in [5, 5.41) is 0. The van der Waals surface area contributed by atoms with Gasteiger partial charge in [0.25, 0.3) is 5.91 Å². The standard InChI is InChI=1S/C17H18N4O/c1-3-20-14-11(2)8-10-19-16(14)21(12-6-7-12)15-13(17(20)22)5-4-9-18-15/h4-5,8-10,12H,3,6-7H2,1-2H3. The Kier molecular flexibility index (Phi) is 2.89. The van der Waals surface area contributed by atoms with E-state index < -0.39 is 0 Å². The normalized spacial score (nSPS) is 17.1. The molecule has 0 atom stereocenters. The molecule has 5 nitrogen and oxygen atoms in total. The van der Waals surface area contributed by atoms with Gasteiger partial charge in [-0.15, -0.1) is 0 Å². The Morgan fingerprint density at radius 3 is 2.68 bits per heavy atom. The van der Waals surface area contributed by atoms with Crippen LogP contribution < -0.4 is 9.80 Å². The van der Waals surface area contributed by atoms with Crippen molar-refractivity contribution >= 4 is 23.2 Å². The van der Waals surface area contributed by atoms with E-state index in [2.05, 4.69) is 14.9 Å². The van der Waals surface area contributed by atoms with Crippen LogP contribution in [-0.4, -0.2) is 28.5 Å². The summed E-state index contributed by atoms with van der Waals surface area (Å²) in [6, 6.07) is 6.05. The van der Waals surface area contributed by atoms with E-state index in [-0.39, 0.29) is 5.91 Å². The highest BCUT2D eigenvalue weighted by atomic mass is 16.2. The summed E-state index contributed by atoms with van der Waals surface area (Å²) >= 11 is 0. The molecule has 2 aromatic rings. The number of aryl methyl sites for hydroxylation is 1. The summed E-state index contributed by atoms with van der Waals surface area (Å²) < 4.78 is 0. The van der Waals surface area contributed by atoms with Gasteiger partial charge in [-0.25, -0.2) is 9.97 Å². The maximum atomic E-state index is 13.0. The average Bonchev–Trinajstić information content (AvgIpc) is 3.35. The summed E-state index contributed by atoms with van der Waals surface area (Å²) in [5.74, 6) is 1.60. The highest BCUT2D eigenvalue weighted by molar-refractivity contribution is 6.13. The van der Waals surface area contributed by atoms with Crippen LogP contribution in [0.3, 0.4) is 0 Å². The fourth-order valence-electron chi connectivity index (χ4n) is 3.13. The molecule has 3 heterocycles. The molecular weight excluding hydrogens is 276 g/mol. The van der Waals surface area contributed by atoms with E-state index in [1.807, 2.05) is 43.1 Å². The van der Waals surface area contributed by atoms with Crippen LogP contribution in [0.5, 0.6) is 0 Å². The van der Waals surface area contributed by atoms with E-state index in [1.165, 1.54) is 0 Å². The van der Waals surface area contributed by atoms with Crippen LogP contribution in [0.25, 0.3) is 0 Å². The van der Waals surface area contributed by atoms with Gasteiger partial charge in [0.1, 0.15) is 5.82 Å². The summed E-state index contributed by atoms with van der Waals surface area (Å²) in [5.41, 5.74) is 2.65. The summed E-state index contributed by atoms with van der Waals surface area (Å²) in [4.78, 5) is 26.1. The number of hydrogen-bond acceptors (Lipinski definition) is 4. The van der Waals surface area contributed by atoms with Crippen molar-refractivity contribution in [2.24, 2.45) is 0 Å². The highest BCUT2D eigenvalue weighted by Crippen LogP contribution is 2.45. The molecule has 1 aliphatic carbocycles. The molecule has 0 radical (unpaired) electrons. The lowest BCUT2D eigenvalue weighted by Gasteiger charge is -2.26. The number of rotatable bonds is 2. The zero-order valence-corrected chi connectivity index (χ0v) is 12.8. The number of carbonyl (C=O) groups is 1. The van der Waals surface area contributed by atoms with Crippen molar-refractivity contribution in [2.75, 3.05) is 16.3 Å². The van der Waals surface area contributed by atoms with E-state index in [0.717, 1.165) is 35.7 Å². The Hall–Kier alpha value is -2.43. The van der Waals surface area contributed by atoms with E-state index in [0.29, 0.717) is 18.2 Å². The van der Waals surface area contributed by atoms with Crippen LogP contribution in [0, 0.1) is 6.92 Å². The van der Waals surface area contributed by atoms with Crippen molar-refractivity contribution in [1.82, 2.24) is 9.97 Å². The average molecular weight is 294 g/mol. The van der Waals surface area contributed by atoms with Crippen molar-refractivity contribution in [1.29, 1.82) is 0 Å². The summed E-state index contributed by atoms with van der Waals surface area (Å²) in [6.07, 6.45) is 5.80. The molecular formula is C17H18N4O. The lowest BCUT2D eigenvalue weighted by molar-refractivity contribution is 0.0989. The Labute approximate surface area is 129 Å². The van der Waals surface area contributed by atoms with E-state index in [1.54, 1.807) is 6.20 Å². The second kappa shape index (κ2) is 4.80. The van der Waals surface area contributed by atoms with E-state index in [4.69, 9.17) is 0 Å². The van der Waals surface area contributed by atoms with Gasteiger partial charge >= 0.3 is 0 Å². The van der Waals surface area contributed by atoms with Crippen LogP contribution in [0.1, 0.15) is 35.7 Å². The van der Waals surface area contributed by atoms with Gasteiger partial charge in [0.05, 0.1) is 11.3 Å². The molecule has 0 aromatic carbocycles. The quantitative estimate of drug-likeness (QED) is 0.854. The van der Waals surface area contributed by atoms with Gasteiger partial charge in [0.2, 0.25) is 0 Å². The molecule has 0 spiro atoms. The molecule has 22 heavy (non-hydrogen) atoms. The highest BCUT2D eigenvalue weighted by Gasteiger charge is 2.40. The van der Waals surface area contributed by atoms with Crippen LogP contribution in [0.2, 0.25) is 0 Å². The molecule has 0 unspecified atom stereocenters. The molecule has 1 fully saturated rings. The maximum Gasteiger partial charge on any atom is 0.262 e. The van der Waals surface area contributed by atoms with Crippen molar-refractivity contribution in [3.05, 3.63) is 41.7 Å². The Morgan fingerprint density at radius 1 is 1.18 bits per heavy atom. The monoisotopic (exact) mass is 294 g/mol. The third-order valence-corrected chi connectivity index (χ3v) is 4.32. The van der Waals surface area contributed by atoms with E-state index in [9.17, 15) is 4.79 Å². The minimum atomic E-state index is 0.00565. The Morgan fingerprint density at radius 2 is 1.95 bits per heavy atom. The first-order valence-corrected chi connectivity index (χ1v) is 7.74. The molecule has 0 N–H and O–H groups in total. The SMILES string of the molecule is CCN1C(=O)c2cccnc2N(C2CC2)c2nccc(C)c21. The molecule has 2 aliphatic rings. The molecule has 0 saturated heterocycles. The molecule has 0 bridgehead atoms. The fourth-order valence-corrected chi connectivity index (χ4v) is 3.13. The molecule has 1 saturated carbocycles. The number of nitrogens with zero attached hydrogens (tertiary/aromatic N) is 4. The Balaban J connectivity index is 2.04. The predicted molar refractivity (Wildman–Crippen MR) is 85.7 cm³/mol. The van der Waals surface area contributed by atoms with E-state index >= 15 is 0 Å². The number of hydrogen-bond donors (Lipinski definition) is 0. The smallest absolute Gasteiger partial charge is 0.262 e. The summed E-state index contributed by atoms with van der Waals surface area (Å²) in [7, 11) is 0. The van der Waals surface area contributed by atoms with Gasteiger partial charge in [-0.05, 0) is 50.5 Å². The second-order valence-corrected chi connectivity index (χ2v) is 5.83. The minimum Gasteiger partial charge on any atom is -0.305 e. The zero-order valence-electron chi connectivity index (χ0n) is 12.8. The van der Waals surface area contributed by atoms with Gasteiger partial charge in [0, 0.05) is 25.0 Å². The second-order valence-electron chi connectivity index (χ2n) is 5.83. The first-order valence-electron chi connectivity index (χ1n) is 7.74. The molecule has 4 rings (SSSR count). The number of amides is 1. The van der Waals surface area contributed by atoms with Crippen molar-refractivity contribution in [3.8, 4) is 0 Å². The van der Waals surface area contributed by atoms with Crippen molar-refractivity contribution < 1.29 is 4.79 Å². The number of pyridine rings is 2. The van der Waals surface area contributed by atoms with Gasteiger partial charge in [-0.3, -0.25) is 4.79 Å². The van der Waals surface area contributed by atoms with Gasteiger partial charge in [-0.1, -0.05) is 0 Å². The minimum absolute atomic E-state index is 0.00565. The lowest BCUT2D eigenvalue weighted by atomic mass is 10.2. The molecule has 1 aliphatic heterocycles. The zero-order chi connectivity index (χ0) is 15.3. The molecule has 2 aromatic heterocycles. The molecule has 5 heteroatoms. The third-order valence-electron chi connectivity index (χ3n) is 4.32. The van der Waals surface area contributed by atoms with Crippen molar-refractivity contribution in [2.45, 2.75) is 32.7 Å². The van der Waals surface area contributed by atoms with Crippen LogP contribution in [0.4, 0.5) is 17.3 Å². The van der Waals surface area contributed by atoms with Gasteiger partial charge < -0.3 is 9.80 Å².